The van der Waals surface area contributed by atoms with Crippen LogP contribution in [0.2, 0.25) is 0 Å². The van der Waals surface area contributed by atoms with Gasteiger partial charge in [0.2, 0.25) is 0 Å². The van der Waals surface area contributed by atoms with Crippen LogP contribution in [0.1, 0.15) is 77.2 Å². The standard InChI is InChI=1S/C31H38F2O/c1-3-5-7-8-9-11-21-34-27-17-14-25(15-18-27)28-20-16-26(23-31(28)33)29-19-13-24(22-30(29)32)12-10-6-4-2/h13-20,22-23H,3-12,21H2,1-2H3. The second-order valence-electron chi connectivity index (χ2n) is 9.11. The van der Waals surface area contributed by atoms with Gasteiger partial charge in [0.1, 0.15) is 17.4 Å². The molecule has 0 heterocycles. The lowest BCUT2D eigenvalue weighted by Gasteiger charge is -2.10. The lowest BCUT2D eigenvalue weighted by Crippen LogP contribution is -1.97. The summed E-state index contributed by atoms with van der Waals surface area (Å²) in [4.78, 5) is 0. The van der Waals surface area contributed by atoms with Gasteiger partial charge in [-0.05, 0) is 60.2 Å². The Morgan fingerprint density at radius 3 is 1.88 bits per heavy atom. The third kappa shape index (κ3) is 7.68. The molecule has 0 N–H and O–H groups in total. The van der Waals surface area contributed by atoms with E-state index in [-0.39, 0.29) is 11.6 Å². The molecule has 0 saturated carbocycles. The first kappa shape index (κ1) is 25.9. The summed E-state index contributed by atoms with van der Waals surface area (Å²) in [5.74, 6) is 0.146. The van der Waals surface area contributed by atoms with Crippen molar-refractivity contribution in [2.75, 3.05) is 6.61 Å². The minimum atomic E-state index is -0.357. The molecule has 3 rings (SSSR count). The molecule has 0 aliphatic rings. The summed E-state index contributed by atoms with van der Waals surface area (Å²) in [7, 11) is 0. The Balaban J connectivity index is 1.59. The highest BCUT2D eigenvalue weighted by atomic mass is 19.1. The number of hydrogen-bond donors (Lipinski definition) is 0. The molecule has 0 unspecified atom stereocenters. The van der Waals surface area contributed by atoms with Crippen molar-refractivity contribution < 1.29 is 13.5 Å². The first-order valence-electron chi connectivity index (χ1n) is 12.9. The first-order valence-corrected chi connectivity index (χ1v) is 12.9. The number of hydrogen-bond acceptors (Lipinski definition) is 1. The van der Waals surface area contributed by atoms with Crippen LogP contribution >= 0.6 is 0 Å². The van der Waals surface area contributed by atoms with E-state index in [9.17, 15) is 8.78 Å². The van der Waals surface area contributed by atoms with Crippen LogP contribution in [0.5, 0.6) is 5.75 Å². The van der Waals surface area contributed by atoms with Gasteiger partial charge in [-0.2, -0.15) is 0 Å². The molecule has 0 atom stereocenters. The minimum absolute atomic E-state index is 0.298. The van der Waals surface area contributed by atoms with Crippen molar-refractivity contribution >= 4 is 0 Å². The van der Waals surface area contributed by atoms with E-state index in [1.807, 2.05) is 30.3 Å². The molecular formula is C31H38F2O. The Kier molecular flexibility index (Phi) is 10.6. The molecule has 3 heteroatoms. The summed E-state index contributed by atoms with van der Waals surface area (Å²) < 4.78 is 35.5. The maximum atomic E-state index is 15.0. The summed E-state index contributed by atoms with van der Waals surface area (Å²) in [5, 5.41) is 0. The van der Waals surface area contributed by atoms with Crippen LogP contribution in [0.25, 0.3) is 22.3 Å². The molecule has 182 valence electrons. The van der Waals surface area contributed by atoms with E-state index in [2.05, 4.69) is 13.8 Å². The molecule has 0 radical (unpaired) electrons. The van der Waals surface area contributed by atoms with Crippen molar-refractivity contribution in [3.05, 3.63) is 77.9 Å². The molecule has 0 bridgehead atoms. The second-order valence-corrected chi connectivity index (χ2v) is 9.11. The van der Waals surface area contributed by atoms with Gasteiger partial charge in [0.25, 0.3) is 0 Å². The number of ether oxygens (including phenoxy) is 1. The zero-order chi connectivity index (χ0) is 24.2. The molecule has 34 heavy (non-hydrogen) atoms. The largest absolute Gasteiger partial charge is 0.494 e. The van der Waals surface area contributed by atoms with E-state index in [0.29, 0.717) is 23.3 Å². The van der Waals surface area contributed by atoms with Gasteiger partial charge < -0.3 is 4.74 Å². The molecule has 0 amide bonds. The van der Waals surface area contributed by atoms with Gasteiger partial charge in [0.05, 0.1) is 6.61 Å². The molecule has 0 fully saturated rings. The lowest BCUT2D eigenvalue weighted by atomic mass is 9.97. The van der Waals surface area contributed by atoms with Crippen LogP contribution in [-0.4, -0.2) is 6.61 Å². The second kappa shape index (κ2) is 13.9. The Labute approximate surface area is 204 Å². The Morgan fingerprint density at radius 1 is 0.588 bits per heavy atom. The van der Waals surface area contributed by atoms with Crippen LogP contribution in [0.4, 0.5) is 8.78 Å². The summed E-state index contributed by atoms with van der Waals surface area (Å²) >= 11 is 0. The molecule has 3 aromatic carbocycles. The predicted octanol–water partition coefficient (Wildman–Crippen LogP) is 9.77. The van der Waals surface area contributed by atoms with Crippen LogP contribution in [0.3, 0.4) is 0 Å². The summed E-state index contributed by atoms with van der Waals surface area (Å²) in [5.41, 5.74) is 3.26. The van der Waals surface area contributed by atoms with Crippen LogP contribution in [-0.2, 0) is 6.42 Å². The normalized spacial score (nSPS) is 11.1. The number of benzene rings is 3. The third-order valence-corrected chi connectivity index (χ3v) is 6.31. The third-order valence-electron chi connectivity index (χ3n) is 6.31. The predicted molar refractivity (Wildman–Crippen MR) is 139 cm³/mol. The Hall–Kier alpha value is -2.68. The van der Waals surface area contributed by atoms with Gasteiger partial charge >= 0.3 is 0 Å². The molecule has 0 spiro atoms. The molecular weight excluding hydrogens is 426 g/mol. The van der Waals surface area contributed by atoms with Crippen LogP contribution in [0, 0.1) is 11.6 Å². The van der Waals surface area contributed by atoms with Crippen molar-refractivity contribution in [2.45, 2.75) is 78.1 Å². The smallest absolute Gasteiger partial charge is 0.131 e. The molecule has 0 aromatic heterocycles. The highest BCUT2D eigenvalue weighted by molar-refractivity contribution is 5.71. The fraction of sp³-hybridized carbons (Fsp3) is 0.419. The number of rotatable bonds is 14. The van der Waals surface area contributed by atoms with Crippen LogP contribution in [0.15, 0.2) is 60.7 Å². The Bertz CT molecular complexity index is 1010. The monoisotopic (exact) mass is 464 g/mol. The number of unbranched alkanes of at least 4 members (excludes halogenated alkanes) is 7. The van der Waals surface area contributed by atoms with E-state index in [1.54, 1.807) is 24.3 Å². The molecule has 0 aliphatic heterocycles. The van der Waals surface area contributed by atoms with Gasteiger partial charge in [-0.25, -0.2) is 8.78 Å². The van der Waals surface area contributed by atoms with E-state index < -0.39 is 0 Å². The molecule has 0 aliphatic carbocycles. The highest BCUT2D eigenvalue weighted by Gasteiger charge is 2.11. The lowest BCUT2D eigenvalue weighted by molar-refractivity contribution is 0.304. The SMILES string of the molecule is CCCCCCCCOc1ccc(-c2ccc(-c3ccc(CCCCC)cc3F)cc2F)cc1. The zero-order valence-electron chi connectivity index (χ0n) is 20.7. The van der Waals surface area contributed by atoms with Crippen molar-refractivity contribution in [3.63, 3.8) is 0 Å². The van der Waals surface area contributed by atoms with Gasteiger partial charge in [-0.15, -0.1) is 0 Å². The average Bonchev–Trinajstić information content (AvgIpc) is 2.84. The van der Waals surface area contributed by atoms with Crippen molar-refractivity contribution in [1.82, 2.24) is 0 Å². The van der Waals surface area contributed by atoms with Crippen molar-refractivity contribution in [2.24, 2.45) is 0 Å². The van der Waals surface area contributed by atoms with Gasteiger partial charge in [0.15, 0.2) is 0 Å². The van der Waals surface area contributed by atoms with E-state index >= 15 is 0 Å². The highest BCUT2D eigenvalue weighted by Crippen LogP contribution is 2.31. The first-order chi connectivity index (χ1) is 16.6. The quantitative estimate of drug-likeness (QED) is 0.216. The van der Waals surface area contributed by atoms with E-state index in [4.69, 9.17) is 4.74 Å². The van der Waals surface area contributed by atoms with E-state index in [0.717, 1.165) is 49.0 Å². The summed E-state index contributed by atoms with van der Waals surface area (Å²) in [6.07, 6.45) is 11.6. The fourth-order valence-electron chi connectivity index (χ4n) is 4.25. The van der Waals surface area contributed by atoms with E-state index in [1.165, 1.54) is 38.2 Å². The molecule has 3 aromatic rings. The average molecular weight is 465 g/mol. The minimum Gasteiger partial charge on any atom is -0.494 e. The fourth-order valence-corrected chi connectivity index (χ4v) is 4.25. The zero-order valence-corrected chi connectivity index (χ0v) is 20.7. The topological polar surface area (TPSA) is 9.23 Å². The maximum absolute atomic E-state index is 15.0. The summed E-state index contributed by atoms with van der Waals surface area (Å²) in [6.45, 7) is 5.08. The van der Waals surface area contributed by atoms with Gasteiger partial charge in [-0.1, -0.05) is 95.2 Å². The van der Waals surface area contributed by atoms with Gasteiger partial charge in [-0.3, -0.25) is 0 Å². The summed E-state index contributed by atoms with van der Waals surface area (Å²) in [6, 6.07) is 17.8. The van der Waals surface area contributed by atoms with Crippen molar-refractivity contribution in [1.29, 1.82) is 0 Å². The van der Waals surface area contributed by atoms with Crippen LogP contribution < -0.4 is 4.74 Å². The number of halogens is 2. The Morgan fingerprint density at radius 2 is 1.18 bits per heavy atom. The van der Waals surface area contributed by atoms with Gasteiger partial charge in [0, 0.05) is 11.1 Å². The number of aryl methyl sites for hydroxylation is 1. The maximum Gasteiger partial charge on any atom is 0.131 e. The van der Waals surface area contributed by atoms with Crippen molar-refractivity contribution in [3.8, 4) is 28.0 Å². The molecule has 1 nitrogen and oxygen atoms in total. The molecule has 0 saturated heterocycles.